The molecule has 2 aliphatic heterocycles. The molecule has 0 unspecified atom stereocenters. The Kier molecular flexibility index (Phi) is 5.17. The first-order chi connectivity index (χ1) is 12.0. The molecule has 0 spiro atoms. The van der Waals surface area contributed by atoms with Crippen molar-refractivity contribution in [3.8, 4) is 0 Å². The van der Waals surface area contributed by atoms with Gasteiger partial charge in [-0.05, 0) is 23.4 Å². The first-order valence-electron chi connectivity index (χ1n) is 8.48. The summed E-state index contributed by atoms with van der Waals surface area (Å²) in [4.78, 5) is 53.4. The van der Waals surface area contributed by atoms with Crippen LogP contribution in [0.3, 0.4) is 0 Å². The molecular formula is C17H21N3O4S. The fourth-order valence-electron chi connectivity index (χ4n) is 3.14. The van der Waals surface area contributed by atoms with Gasteiger partial charge in [0.25, 0.3) is 5.91 Å². The van der Waals surface area contributed by atoms with Crippen molar-refractivity contribution in [1.82, 2.24) is 14.7 Å². The number of thiophene rings is 1. The Balaban J connectivity index is 1.55. The van der Waals surface area contributed by atoms with Crippen LogP contribution in [0.2, 0.25) is 0 Å². The molecule has 3 heterocycles. The minimum atomic E-state index is -0.281. The largest absolute Gasteiger partial charge is 0.338 e. The maximum Gasteiger partial charge on any atom is 0.264 e. The number of carbonyl (C=O) groups excluding carboxylic acids is 4. The second-order valence-corrected chi connectivity index (χ2v) is 7.09. The van der Waals surface area contributed by atoms with Crippen molar-refractivity contribution in [3.63, 3.8) is 0 Å². The van der Waals surface area contributed by atoms with Gasteiger partial charge in [-0.1, -0.05) is 6.92 Å². The Hall–Kier alpha value is -2.22. The van der Waals surface area contributed by atoms with Crippen LogP contribution in [-0.4, -0.2) is 71.1 Å². The van der Waals surface area contributed by atoms with Crippen LogP contribution in [0.15, 0.2) is 11.4 Å². The first-order valence-corrected chi connectivity index (χ1v) is 9.35. The van der Waals surface area contributed by atoms with Gasteiger partial charge >= 0.3 is 0 Å². The van der Waals surface area contributed by atoms with Crippen LogP contribution < -0.4 is 0 Å². The minimum absolute atomic E-state index is 0.0175. The summed E-state index contributed by atoms with van der Waals surface area (Å²) in [6.07, 6.45) is 1.20. The number of amides is 4. The maximum atomic E-state index is 12.6. The molecule has 3 rings (SSSR count). The van der Waals surface area contributed by atoms with E-state index in [0.717, 1.165) is 21.8 Å². The smallest absolute Gasteiger partial charge is 0.264 e. The monoisotopic (exact) mass is 363 g/mol. The lowest BCUT2D eigenvalue weighted by atomic mass is 10.2. The van der Waals surface area contributed by atoms with Crippen LogP contribution in [0.1, 0.15) is 35.0 Å². The van der Waals surface area contributed by atoms with Gasteiger partial charge in [0.05, 0.1) is 4.88 Å². The molecule has 134 valence electrons. The van der Waals surface area contributed by atoms with Gasteiger partial charge in [0.1, 0.15) is 6.54 Å². The van der Waals surface area contributed by atoms with E-state index in [-0.39, 0.29) is 43.0 Å². The molecule has 1 aromatic rings. The van der Waals surface area contributed by atoms with Gasteiger partial charge in [-0.25, -0.2) is 0 Å². The fraction of sp³-hybridized carbons (Fsp3) is 0.529. The lowest BCUT2D eigenvalue weighted by Crippen LogP contribution is -2.53. The lowest BCUT2D eigenvalue weighted by molar-refractivity contribution is -0.146. The number of nitrogens with zero attached hydrogens (tertiary/aromatic N) is 3. The molecule has 0 aromatic carbocycles. The summed E-state index contributed by atoms with van der Waals surface area (Å²) >= 11 is 1.45. The van der Waals surface area contributed by atoms with Gasteiger partial charge < -0.3 is 9.80 Å². The van der Waals surface area contributed by atoms with Crippen LogP contribution in [-0.2, 0) is 20.8 Å². The summed E-state index contributed by atoms with van der Waals surface area (Å²) in [7, 11) is 0. The Morgan fingerprint density at radius 2 is 1.64 bits per heavy atom. The van der Waals surface area contributed by atoms with Crippen LogP contribution in [0.4, 0.5) is 0 Å². The molecule has 8 heteroatoms. The molecule has 2 fully saturated rings. The molecule has 2 saturated heterocycles. The van der Waals surface area contributed by atoms with Gasteiger partial charge in [-0.15, -0.1) is 11.3 Å². The SMILES string of the molecule is CCc1ccsc1C(=O)N1CCN(C(=O)CN2C(=O)CCC2=O)CC1. The number of piperazine rings is 1. The molecule has 0 atom stereocenters. The zero-order valence-electron chi connectivity index (χ0n) is 14.2. The Labute approximate surface area is 150 Å². The predicted molar refractivity (Wildman–Crippen MR) is 92.1 cm³/mol. The number of aryl methyl sites for hydroxylation is 1. The summed E-state index contributed by atoms with van der Waals surface area (Å²) in [6.45, 7) is 3.62. The van der Waals surface area contributed by atoms with Gasteiger partial charge in [0.2, 0.25) is 17.7 Å². The van der Waals surface area contributed by atoms with Gasteiger partial charge in [0, 0.05) is 39.0 Å². The van der Waals surface area contributed by atoms with Crippen molar-refractivity contribution >= 4 is 35.0 Å². The van der Waals surface area contributed by atoms with Crippen molar-refractivity contribution < 1.29 is 19.2 Å². The average molecular weight is 363 g/mol. The van der Waals surface area contributed by atoms with E-state index in [1.807, 2.05) is 18.4 Å². The minimum Gasteiger partial charge on any atom is -0.338 e. The number of rotatable bonds is 4. The van der Waals surface area contributed by atoms with Crippen LogP contribution in [0.25, 0.3) is 0 Å². The summed E-state index contributed by atoms with van der Waals surface area (Å²) in [6, 6.07) is 1.97. The van der Waals surface area contributed by atoms with Crippen molar-refractivity contribution in [2.45, 2.75) is 26.2 Å². The number of hydrogen-bond donors (Lipinski definition) is 0. The standard InChI is InChI=1S/C17H21N3O4S/c1-2-12-5-10-25-16(12)17(24)19-8-6-18(7-9-19)15(23)11-20-13(21)3-4-14(20)22/h5,10H,2-4,6-9,11H2,1H3. The third-order valence-electron chi connectivity index (χ3n) is 4.69. The van der Waals surface area contributed by atoms with E-state index in [1.54, 1.807) is 9.80 Å². The van der Waals surface area contributed by atoms with Crippen molar-refractivity contribution in [1.29, 1.82) is 0 Å². The number of likely N-dealkylation sites (tertiary alicyclic amines) is 1. The van der Waals surface area contributed by atoms with E-state index in [2.05, 4.69) is 0 Å². The molecule has 1 aromatic heterocycles. The highest BCUT2D eigenvalue weighted by Crippen LogP contribution is 2.20. The Morgan fingerprint density at radius 3 is 2.24 bits per heavy atom. The lowest BCUT2D eigenvalue weighted by Gasteiger charge is -2.35. The van der Waals surface area contributed by atoms with Crippen LogP contribution >= 0.6 is 11.3 Å². The molecular weight excluding hydrogens is 342 g/mol. The topological polar surface area (TPSA) is 78.0 Å². The van der Waals surface area contributed by atoms with Gasteiger partial charge in [0.15, 0.2) is 0 Å². The predicted octanol–water partition coefficient (Wildman–Crippen LogP) is 0.744. The molecule has 0 saturated carbocycles. The average Bonchev–Trinajstić information content (AvgIpc) is 3.23. The van der Waals surface area contributed by atoms with E-state index >= 15 is 0 Å². The number of carbonyl (C=O) groups is 4. The van der Waals surface area contributed by atoms with E-state index in [9.17, 15) is 19.2 Å². The summed E-state index contributed by atoms with van der Waals surface area (Å²) < 4.78 is 0. The fourth-order valence-corrected chi connectivity index (χ4v) is 4.10. The van der Waals surface area contributed by atoms with Gasteiger partial charge in [-0.3, -0.25) is 24.1 Å². The molecule has 7 nitrogen and oxygen atoms in total. The van der Waals surface area contributed by atoms with Crippen molar-refractivity contribution in [2.75, 3.05) is 32.7 Å². The first kappa shape index (κ1) is 17.6. The van der Waals surface area contributed by atoms with E-state index in [4.69, 9.17) is 0 Å². The quantitative estimate of drug-likeness (QED) is 0.740. The van der Waals surface area contributed by atoms with Gasteiger partial charge in [-0.2, -0.15) is 0 Å². The van der Waals surface area contributed by atoms with Crippen molar-refractivity contribution in [2.24, 2.45) is 0 Å². The zero-order valence-corrected chi connectivity index (χ0v) is 15.0. The molecule has 0 aliphatic carbocycles. The number of imide groups is 1. The Bertz CT molecular complexity index is 691. The summed E-state index contributed by atoms with van der Waals surface area (Å²) in [5.74, 6) is -0.779. The Morgan fingerprint density at radius 1 is 1.04 bits per heavy atom. The van der Waals surface area contributed by atoms with E-state index in [0.29, 0.717) is 26.2 Å². The maximum absolute atomic E-state index is 12.6. The zero-order chi connectivity index (χ0) is 18.0. The third kappa shape index (κ3) is 3.58. The van der Waals surface area contributed by atoms with E-state index < -0.39 is 0 Å². The summed E-state index contributed by atoms with van der Waals surface area (Å²) in [5, 5.41) is 1.93. The molecule has 0 radical (unpaired) electrons. The molecule has 4 amide bonds. The highest BCUT2D eigenvalue weighted by Gasteiger charge is 2.33. The normalized spacial score (nSPS) is 18.2. The van der Waals surface area contributed by atoms with Crippen molar-refractivity contribution in [3.05, 3.63) is 21.9 Å². The number of hydrogen-bond acceptors (Lipinski definition) is 5. The van der Waals surface area contributed by atoms with E-state index in [1.165, 1.54) is 11.3 Å². The molecule has 25 heavy (non-hydrogen) atoms. The second-order valence-electron chi connectivity index (χ2n) is 6.18. The molecule has 0 bridgehead atoms. The van der Waals surface area contributed by atoms with Crippen LogP contribution in [0.5, 0.6) is 0 Å². The molecule has 0 N–H and O–H groups in total. The van der Waals surface area contributed by atoms with Crippen LogP contribution in [0, 0.1) is 0 Å². The highest BCUT2D eigenvalue weighted by molar-refractivity contribution is 7.12. The highest BCUT2D eigenvalue weighted by atomic mass is 32.1. The summed E-state index contributed by atoms with van der Waals surface area (Å²) in [5.41, 5.74) is 1.06. The second kappa shape index (κ2) is 7.35. The third-order valence-corrected chi connectivity index (χ3v) is 5.63. The molecule has 2 aliphatic rings.